The van der Waals surface area contributed by atoms with Gasteiger partial charge in [-0.05, 0) is 48.7 Å². The number of halogens is 2. The molecule has 2 aromatic rings. The zero-order chi connectivity index (χ0) is 16.1. The van der Waals surface area contributed by atoms with Crippen molar-refractivity contribution in [2.45, 2.75) is 20.4 Å². The first-order valence-corrected chi connectivity index (χ1v) is 6.97. The first-order chi connectivity index (χ1) is 10.5. The molecule has 0 atom stereocenters. The number of nitrogens with one attached hydrogen (secondary N) is 2. The molecule has 0 aliphatic rings. The molecular formula is C17H18F2N2O. The van der Waals surface area contributed by atoms with Gasteiger partial charge in [0.05, 0.1) is 6.54 Å². The molecule has 0 aromatic heterocycles. The largest absolute Gasteiger partial charge is 0.376 e. The van der Waals surface area contributed by atoms with Gasteiger partial charge in [-0.1, -0.05) is 18.2 Å². The van der Waals surface area contributed by atoms with Crippen LogP contribution in [0.2, 0.25) is 0 Å². The fraction of sp³-hybridized carbons (Fsp3) is 0.235. The minimum absolute atomic E-state index is 0.0443. The van der Waals surface area contributed by atoms with Crippen molar-refractivity contribution in [1.29, 1.82) is 0 Å². The molecule has 0 saturated heterocycles. The Morgan fingerprint density at radius 1 is 1.00 bits per heavy atom. The summed E-state index contributed by atoms with van der Waals surface area (Å²) in [6.07, 6.45) is 0. The molecule has 0 aliphatic heterocycles. The van der Waals surface area contributed by atoms with E-state index in [0.29, 0.717) is 23.4 Å². The van der Waals surface area contributed by atoms with E-state index in [-0.39, 0.29) is 24.1 Å². The van der Waals surface area contributed by atoms with Crippen LogP contribution in [0.3, 0.4) is 0 Å². The zero-order valence-corrected chi connectivity index (χ0v) is 12.5. The predicted octanol–water partition coefficient (Wildman–Crippen LogP) is 3.31. The smallest absolute Gasteiger partial charge is 0.239 e. The summed E-state index contributed by atoms with van der Waals surface area (Å²) in [6, 6.07) is 9.42. The highest BCUT2D eigenvalue weighted by atomic mass is 19.1. The number of aryl methyl sites for hydroxylation is 2. The molecule has 0 radical (unpaired) electrons. The summed E-state index contributed by atoms with van der Waals surface area (Å²) in [6.45, 7) is 3.72. The number of amides is 1. The topological polar surface area (TPSA) is 41.1 Å². The number of anilines is 1. The van der Waals surface area contributed by atoms with Crippen molar-refractivity contribution in [1.82, 2.24) is 5.32 Å². The molecule has 0 unspecified atom stereocenters. The summed E-state index contributed by atoms with van der Waals surface area (Å²) in [5, 5.41) is 5.58. The second-order valence-electron chi connectivity index (χ2n) is 5.18. The lowest BCUT2D eigenvalue weighted by atomic mass is 10.1. The van der Waals surface area contributed by atoms with Crippen LogP contribution in [-0.4, -0.2) is 12.5 Å². The maximum atomic E-state index is 13.4. The number of rotatable bonds is 5. The number of hydrogen-bond donors (Lipinski definition) is 2. The highest BCUT2D eigenvalue weighted by Gasteiger charge is 2.04. The molecule has 5 heteroatoms. The average molecular weight is 304 g/mol. The van der Waals surface area contributed by atoms with E-state index in [0.717, 1.165) is 5.56 Å². The van der Waals surface area contributed by atoms with Gasteiger partial charge in [-0.3, -0.25) is 4.79 Å². The van der Waals surface area contributed by atoms with Crippen LogP contribution >= 0.6 is 0 Å². The fourth-order valence-electron chi connectivity index (χ4n) is 1.97. The number of hydrogen-bond acceptors (Lipinski definition) is 2. The Morgan fingerprint density at radius 3 is 2.45 bits per heavy atom. The molecule has 1 amide bonds. The second-order valence-corrected chi connectivity index (χ2v) is 5.18. The van der Waals surface area contributed by atoms with Crippen LogP contribution in [0, 0.1) is 25.5 Å². The van der Waals surface area contributed by atoms with Crippen molar-refractivity contribution < 1.29 is 13.6 Å². The van der Waals surface area contributed by atoms with Gasteiger partial charge >= 0.3 is 0 Å². The molecular weight excluding hydrogens is 286 g/mol. The molecule has 0 heterocycles. The Kier molecular flexibility index (Phi) is 5.09. The van der Waals surface area contributed by atoms with E-state index in [1.807, 2.05) is 0 Å². The third-order valence-corrected chi connectivity index (χ3v) is 3.34. The van der Waals surface area contributed by atoms with Crippen molar-refractivity contribution in [2.24, 2.45) is 0 Å². The van der Waals surface area contributed by atoms with Crippen LogP contribution in [0.15, 0.2) is 36.4 Å². The molecule has 2 N–H and O–H groups in total. The molecule has 0 aliphatic carbocycles. The Labute approximate surface area is 128 Å². The van der Waals surface area contributed by atoms with Gasteiger partial charge < -0.3 is 10.6 Å². The summed E-state index contributed by atoms with van der Waals surface area (Å²) >= 11 is 0. The molecule has 2 aromatic carbocycles. The molecule has 3 nitrogen and oxygen atoms in total. The standard InChI is InChI=1S/C17H18F2N2O/c1-11-3-5-14(8-16(11)19)20-10-17(22)21-9-13-4-6-15(18)12(2)7-13/h3-8,20H,9-10H2,1-2H3,(H,21,22). The molecule has 0 bridgehead atoms. The normalized spacial score (nSPS) is 10.4. The van der Waals surface area contributed by atoms with Crippen molar-refractivity contribution in [2.75, 3.05) is 11.9 Å². The molecule has 116 valence electrons. The summed E-state index contributed by atoms with van der Waals surface area (Å²) < 4.78 is 26.5. The third-order valence-electron chi connectivity index (χ3n) is 3.34. The fourth-order valence-corrected chi connectivity index (χ4v) is 1.97. The zero-order valence-electron chi connectivity index (χ0n) is 12.5. The van der Waals surface area contributed by atoms with Crippen LogP contribution in [0.5, 0.6) is 0 Å². The lowest BCUT2D eigenvalue weighted by molar-refractivity contribution is -0.119. The van der Waals surface area contributed by atoms with E-state index in [1.54, 1.807) is 38.1 Å². The third kappa shape index (κ3) is 4.28. The van der Waals surface area contributed by atoms with Gasteiger partial charge in [0.25, 0.3) is 0 Å². The van der Waals surface area contributed by atoms with Gasteiger partial charge in [-0.15, -0.1) is 0 Å². The minimum Gasteiger partial charge on any atom is -0.376 e. The van der Waals surface area contributed by atoms with E-state index < -0.39 is 0 Å². The highest BCUT2D eigenvalue weighted by molar-refractivity contribution is 5.80. The van der Waals surface area contributed by atoms with Crippen LogP contribution < -0.4 is 10.6 Å². The maximum absolute atomic E-state index is 13.4. The van der Waals surface area contributed by atoms with Crippen LogP contribution in [0.4, 0.5) is 14.5 Å². The lowest BCUT2D eigenvalue weighted by Crippen LogP contribution is -2.29. The number of benzene rings is 2. The summed E-state index contributed by atoms with van der Waals surface area (Å²) in [7, 11) is 0. The van der Waals surface area contributed by atoms with E-state index in [4.69, 9.17) is 0 Å². The molecule has 0 fully saturated rings. The quantitative estimate of drug-likeness (QED) is 0.890. The Morgan fingerprint density at radius 2 is 1.77 bits per heavy atom. The minimum atomic E-state index is -0.313. The highest BCUT2D eigenvalue weighted by Crippen LogP contribution is 2.13. The Hall–Kier alpha value is -2.43. The maximum Gasteiger partial charge on any atom is 0.239 e. The van der Waals surface area contributed by atoms with Crippen molar-refractivity contribution in [3.63, 3.8) is 0 Å². The van der Waals surface area contributed by atoms with E-state index in [2.05, 4.69) is 10.6 Å². The first kappa shape index (κ1) is 15.9. The van der Waals surface area contributed by atoms with Gasteiger partial charge in [0, 0.05) is 12.2 Å². The van der Waals surface area contributed by atoms with Gasteiger partial charge in [-0.2, -0.15) is 0 Å². The molecule has 2 rings (SSSR count). The Bertz CT molecular complexity index is 629. The van der Waals surface area contributed by atoms with Gasteiger partial charge in [0.1, 0.15) is 11.6 Å². The second kappa shape index (κ2) is 7.02. The lowest BCUT2D eigenvalue weighted by Gasteiger charge is -2.09. The van der Waals surface area contributed by atoms with Crippen molar-refractivity contribution in [3.8, 4) is 0 Å². The van der Waals surface area contributed by atoms with E-state index in [9.17, 15) is 13.6 Å². The summed E-state index contributed by atoms with van der Waals surface area (Å²) in [4.78, 5) is 11.8. The van der Waals surface area contributed by atoms with Crippen molar-refractivity contribution in [3.05, 3.63) is 64.7 Å². The molecule has 0 spiro atoms. The van der Waals surface area contributed by atoms with Gasteiger partial charge in [0.15, 0.2) is 0 Å². The monoisotopic (exact) mass is 304 g/mol. The van der Waals surface area contributed by atoms with Crippen LogP contribution in [0.1, 0.15) is 16.7 Å². The average Bonchev–Trinajstić information content (AvgIpc) is 2.49. The SMILES string of the molecule is Cc1cc(CNC(=O)CNc2ccc(C)c(F)c2)ccc1F. The van der Waals surface area contributed by atoms with Crippen molar-refractivity contribution >= 4 is 11.6 Å². The summed E-state index contributed by atoms with van der Waals surface area (Å²) in [5.74, 6) is -0.798. The first-order valence-electron chi connectivity index (χ1n) is 6.97. The van der Waals surface area contributed by atoms with Gasteiger partial charge in [-0.25, -0.2) is 8.78 Å². The van der Waals surface area contributed by atoms with Crippen LogP contribution in [-0.2, 0) is 11.3 Å². The predicted molar refractivity (Wildman–Crippen MR) is 82.6 cm³/mol. The molecule has 0 saturated carbocycles. The molecule has 22 heavy (non-hydrogen) atoms. The van der Waals surface area contributed by atoms with E-state index in [1.165, 1.54) is 12.1 Å². The Balaban J connectivity index is 1.82. The van der Waals surface area contributed by atoms with Gasteiger partial charge in [0.2, 0.25) is 5.91 Å². The number of carbonyl (C=O) groups excluding carboxylic acids is 1. The van der Waals surface area contributed by atoms with E-state index >= 15 is 0 Å². The van der Waals surface area contributed by atoms with Crippen LogP contribution in [0.25, 0.3) is 0 Å². The summed E-state index contributed by atoms with van der Waals surface area (Å²) in [5.41, 5.74) is 2.48. The number of carbonyl (C=O) groups is 1.